The normalized spacial score (nSPS) is 12.4. The molecule has 1 aromatic carbocycles. The second-order valence-corrected chi connectivity index (χ2v) is 5.68. The summed E-state index contributed by atoms with van der Waals surface area (Å²) >= 11 is 2.99. The lowest BCUT2D eigenvalue weighted by Crippen LogP contribution is -2.37. The Labute approximate surface area is 117 Å². The molecule has 1 rings (SSSR count). The van der Waals surface area contributed by atoms with Crippen LogP contribution in [0.15, 0.2) is 22.7 Å². The Morgan fingerprint density at radius 2 is 1.89 bits per heavy atom. The van der Waals surface area contributed by atoms with E-state index in [4.69, 9.17) is 5.73 Å². The van der Waals surface area contributed by atoms with Gasteiger partial charge in [-0.25, -0.2) is 0 Å². The molecule has 106 valence electrons. The third kappa shape index (κ3) is 4.21. The van der Waals surface area contributed by atoms with Gasteiger partial charge in [0.15, 0.2) is 0 Å². The fourth-order valence-electron chi connectivity index (χ4n) is 1.22. The molecule has 7 heteroatoms. The molecule has 0 unspecified atom stereocenters. The first-order chi connectivity index (χ1) is 8.56. The summed E-state index contributed by atoms with van der Waals surface area (Å²) < 4.78 is 38.1. The molecule has 0 aliphatic heterocycles. The summed E-state index contributed by atoms with van der Waals surface area (Å²) in [7, 11) is 0. The largest absolute Gasteiger partial charge is 0.416 e. The summed E-state index contributed by atoms with van der Waals surface area (Å²) in [5.41, 5.74) is 3.84. The molecule has 0 heterocycles. The molecule has 3 nitrogen and oxygen atoms in total. The summed E-state index contributed by atoms with van der Waals surface area (Å²) in [4.78, 5) is 11.8. The first-order valence-electron chi connectivity index (χ1n) is 5.45. The molecule has 0 radical (unpaired) electrons. The quantitative estimate of drug-likeness (QED) is 0.887. The number of benzene rings is 1. The lowest BCUT2D eigenvalue weighted by molar-refractivity contribution is -0.137. The van der Waals surface area contributed by atoms with Gasteiger partial charge in [-0.2, -0.15) is 13.2 Å². The molecule has 0 bridgehead atoms. The van der Waals surface area contributed by atoms with Crippen molar-refractivity contribution in [3.05, 3.63) is 28.2 Å². The van der Waals surface area contributed by atoms with E-state index < -0.39 is 23.1 Å². The van der Waals surface area contributed by atoms with Crippen molar-refractivity contribution in [1.29, 1.82) is 0 Å². The average Bonchev–Trinajstić information content (AvgIpc) is 2.27. The zero-order valence-electron chi connectivity index (χ0n) is 10.4. The van der Waals surface area contributed by atoms with Gasteiger partial charge < -0.3 is 11.1 Å². The summed E-state index contributed by atoms with van der Waals surface area (Å²) in [6.45, 7) is 3.33. The van der Waals surface area contributed by atoms with Gasteiger partial charge in [0, 0.05) is 16.7 Å². The molecular weight excluding hydrogens is 325 g/mol. The Bertz CT molecular complexity index is 486. The number of anilines is 1. The maximum Gasteiger partial charge on any atom is 0.416 e. The molecule has 0 aromatic heterocycles. The van der Waals surface area contributed by atoms with E-state index >= 15 is 0 Å². The van der Waals surface area contributed by atoms with E-state index in [0.717, 1.165) is 12.1 Å². The highest BCUT2D eigenvalue weighted by Gasteiger charge is 2.32. The first-order valence-corrected chi connectivity index (χ1v) is 6.25. The molecule has 1 amide bonds. The number of hydrogen-bond donors (Lipinski definition) is 2. The van der Waals surface area contributed by atoms with Crippen molar-refractivity contribution in [3.63, 3.8) is 0 Å². The van der Waals surface area contributed by atoms with E-state index in [1.165, 1.54) is 6.07 Å². The van der Waals surface area contributed by atoms with E-state index in [9.17, 15) is 18.0 Å². The van der Waals surface area contributed by atoms with Gasteiger partial charge in [0.1, 0.15) is 0 Å². The smallest absolute Gasteiger partial charge is 0.329 e. The van der Waals surface area contributed by atoms with E-state index in [2.05, 4.69) is 21.2 Å². The van der Waals surface area contributed by atoms with Crippen LogP contribution in [0.3, 0.4) is 0 Å². The van der Waals surface area contributed by atoms with Gasteiger partial charge in [0.25, 0.3) is 0 Å². The second-order valence-electron chi connectivity index (χ2n) is 4.77. The fourth-order valence-corrected chi connectivity index (χ4v) is 1.71. The van der Waals surface area contributed by atoms with Gasteiger partial charge >= 0.3 is 6.18 Å². The van der Waals surface area contributed by atoms with Crippen molar-refractivity contribution in [2.45, 2.75) is 20.0 Å². The number of hydrogen-bond acceptors (Lipinski definition) is 2. The Morgan fingerprint density at radius 1 is 1.32 bits per heavy atom. The van der Waals surface area contributed by atoms with Crippen LogP contribution in [0.25, 0.3) is 0 Å². The van der Waals surface area contributed by atoms with E-state index in [1.807, 2.05) is 0 Å². The van der Waals surface area contributed by atoms with Gasteiger partial charge in [-0.1, -0.05) is 15.9 Å². The summed E-state index contributed by atoms with van der Waals surface area (Å²) in [6, 6.07) is 3.23. The molecule has 1 aromatic rings. The van der Waals surface area contributed by atoms with Crippen LogP contribution in [0.4, 0.5) is 18.9 Å². The lowest BCUT2D eigenvalue weighted by Gasteiger charge is -2.21. The minimum atomic E-state index is -4.47. The highest BCUT2D eigenvalue weighted by atomic mass is 79.9. The van der Waals surface area contributed by atoms with Gasteiger partial charge in [0.05, 0.1) is 11.0 Å². The Balaban J connectivity index is 3.03. The maximum absolute atomic E-state index is 12.6. The highest BCUT2D eigenvalue weighted by molar-refractivity contribution is 9.10. The molecule has 0 aliphatic rings. The average molecular weight is 339 g/mol. The molecule has 0 fully saturated rings. The SMILES string of the molecule is CC(C)(CN)C(=O)Nc1cc(Br)cc(C(F)(F)F)c1. The van der Waals surface area contributed by atoms with Crippen molar-refractivity contribution in [2.24, 2.45) is 11.1 Å². The number of alkyl halides is 3. The van der Waals surface area contributed by atoms with Crippen LogP contribution in [-0.4, -0.2) is 12.5 Å². The van der Waals surface area contributed by atoms with E-state index in [0.29, 0.717) is 0 Å². The molecule has 0 aliphatic carbocycles. The maximum atomic E-state index is 12.6. The number of amides is 1. The van der Waals surface area contributed by atoms with Crippen molar-refractivity contribution in [2.75, 3.05) is 11.9 Å². The molecule has 19 heavy (non-hydrogen) atoms. The Hall–Kier alpha value is -1.08. The van der Waals surface area contributed by atoms with E-state index in [-0.39, 0.29) is 16.7 Å². The summed E-state index contributed by atoms with van der Waals surface area (Å²) in [6.07, 6.45) is -4.47. The van der Waals surface area contributed by atoms with Gasteiger partial charge in [-0.3, -0.25) is 4.79 Å². The number of halogens is 4. The van der Waals surface area contributed by atoms with Crippen LogP contribution in [0.2, 0.25) is 0 Å². The monoisotopic (exact) mass is 338 g/mol. The van der Waals surface area contributed by atoms with Gasteiger partial charge in [0.2, 0.25) is 5.91 Å². The molecule has 0 atom stereocenters. The number of rotatable bonds is 3. The lowest BCUT2D eigenvalue weighted by atomic mass is 9.92. The van der Waals surface area contributed by atoms with Gasteiger partial charge in [-0.15, -0.1) is 0 Å². The molecule has 3 N–H and O–H groups in total. The minimum Gasteiger partial charge on any atom is -0.329 e. The number of nitrogens with one attached hydrogen (secondary N) is 1. The third-order valence-electron chi connectivity index (χ3n) is 2.61. The van der Waals surface area contributed by atoms with Crippen LogP contribution in [0, 0.1) is 5.41 Å². The number of nitrogens with two attached hydrogens (primary N) is 1. The van der Waals surface area contributed by atoms with E-state index in [1.54, 1.807) is 13.8 Å². The number of carbonyl (C=O) groups is 1. The topological polar surface area (TPSA) is 55.1 Å². The number of carbonyl (C=O) groups excluding carboxylic acids is 1. The second kappa shape index (κ2) is 5.50. The highest BCUT2D eigenvalue weighted by Crippen LogP contribution is 2.33. The standard InChI is InChI=1S/C12H14BrF3N2O/c1-11(2,6-17)10(19)18-9-4-7(12(14,15)16)3-8(13)5-9/h3-5H,6,17H2,1-2H3,(H,18,19). The van der Waals surface area contributed by atoms with Crippen LogP contribution >= 0.6 is 15.9 Å². The van der Waals surface area contributed by atoms with Crippen LogP contribution in [0.5, 0.6) is 0 Å². The minimum absolute atomic E-state index is 0.0771. The van der Waals surface area contributed by atoms with Crippen LogP contribution in [0.1, 0.15) is 19.4 Å². The van der Waals surface area contributed by atoms with Crippen molar-refractivity contribution < 1.29 is 18.0 Å². The first kappa shape index (κ1) is 16.0. The van der Waals surface area contributed by atoms with Crippen molar-refractivity contribution >= 4 is 27.5 Å². The predicted molar refractivity (Wildman–Crippen MR) is 70.6 cm³/mol. The molecule has 0 saturated carbocycles. The summed E-state index contributed by atoms with van der Waals surface area (Å²) in [5, 5.41) is 2.44. The fraction of sp³-hybridized carbons (Fsp3) is 0.417. The Kier molecular flexibility index (Phi) is 4.63. The molecule has 0 spiro atoms. The van der Waals surface area contributed by atoms with Gasteiger partial charge in [-0.05, 0) is 32.0 Å². The van der Waals surface area contributed by atoms with Crippen molar-refractivity contribution in [3.8, 4) is 0 Å². The zero-order chi connectivity index (χ0) is 14.8. The summed E-state index contributed by atoms with van der Waals surface area (Å²) in [5.74, 6) is -0.429. The Morgan fingerprint density at radius 3 is 2.37 bits per heavy atom. The zero-order valence-corrected chi connectivity index (χ0v) is 12.0. The third-order valence-corrected chi connectivity index (χ3v) is 3.07. The van der Waals surface area contributed by atoms with Crippen LogP contribution < -0.4 is 11.1 Å². The molecular formula is C12H14BrF3N2O. The van der Waals surface area contributed by atoms with Crippen molar-refractivity contribution in [1.82, 2.24) is 0 Å². The predicted octanol–water partition coefficient (Wildman–Crippen LogP) is 3.39. The van der Waals surface area contributed by atoms with Crippen LogP contribution in [-0.2, 0) is 11.0 Å². The molecule has 0 saturated heterocycles.